The van der Waals surface area contributed by atoms with Crippen molar-refractivity contribution in [2.45, 2.75) is 11.1 Å². The van der Waals surface area contributed by atoms with Crippen LogP contribution in [0.15, 0.2) is 17.0 Å². The third kappa shape index (κ3) is 2.68. The van der Waals surface area contributed by atoms with Crippen molar-refractivity contribution < 1.29 is 26.5 Å². The summed E-state index contributed by atoms with van der Waals surface area (Å²) in [6, 6.07) is 0.525. The largest absolute Gasteiger partial charge is 0.418 e. The zero-order chi connectivity index (χ0) is 14.3. The molecule has 0 heterocycles. The number of hydrogen-bond donors (Lipinski definition) is 2. The van der Waals surface area contributed by atoms with E-state index in [1.165, 1.54) is 0 Å². The van der Waals surface area contributed by atoms with E-state index >= 15 is 0 Å². The second-order valence-electron chi connectivity index (χ2n) is 3.20. The summed E-state index contributed by atoms with van der Waals surface area (Å²) < 4.78 is 59.5. The minimum atomic E-state index is -5.03. The SMILES string of the molecule is Nc1c([N+](=O)[O-])cc(S(N)(=O)=O)cc1C(F)(F)F. The van der Waals surface area contributed by atoms with E-state index in [1.54, 1.807) is 0 Å². The Hall–Kier alpha value is -1.88. The number of anilines is 1. The molecule has 11 heteroatoms. The van der Waals surface area contributed by atoms with Gasteiger partial charge in [0.05, 0.1) is 15.4 Å². The van der Waals surface area contributed by atoms with Gasteiger partial charge in [0.2, 0.25) is 10.0 Å². The maximum absolute atomic E-state index is 12.5. The molecule has 1 aromatic rings. The van der Waals surface area contributed by atoms with E-state index in [2.05, 4.69) is 5.14 Å². The molecule has 0 saturated heterocycles. The molecule has 0 aliphatic heterocycles. The summed E-state index contributed by atoms with van der Waals surface area (Å²) >= 11 is 0. The standard InChI is InChI=1S/C7H6F3N3O4S/c8-7(9,10)4-1-3(18(12,16)17)2-5(6(4)11)13(14)15/h1-2H,11H2,(H2,12,16,17). The summed E-state index contributed by atoms with van der Waals surface area (Å²) in [5.74, 6) is 0. The second kappa shape index (κ2) is 4.10. The lowest BCUT2D eigenvalue weighted by Gasteiger charge is -2.11. The molecule has 0 fully saturated rings. The Morgan fingerprint density at radius 3 is 2.11 bits per heavy atom. The van der Waals surface area contributed by atoms with E-state index in [9.17, 15) is 31.7 Å². The first-order valence-corrected chi connectivity index (χ1v) is 5.67. The van der Waals surface area contributed by atoms with Crippen molar-refractivity contribution in [1.82, 2.24) is 0 Å². The average molecular weight is 285 g/mol. The van der Waals surface area contributed by atoms with Crippen LogP contribution in [0.2, 0.25) is 0 Å². The third-order valence-corrected chi connectivity index (χ3v) is 2.86. The molecule has 0 amide bonds. The maximum Gasteiger partial charge on any atom is 0.418 e. The summed E-state index contributed by atoms with van der Waals surface area (Å²) in [7, 11) is -4.52. The van der Waals surface area contributed by atoms with Crippen molar-refractivity contribution >= 4 is 21.4 Å². The molecule has 0 bridgehead atoms. The summed E-state index contributed by atoms with van der Waals surface area (Å²) in [5.41, 5.74) is 1.02. The van der Waals surface area contributed by atoms with Gasteiger partial charge in [-0.05, 0) is 6.07 Å². The summed E-state index contributed by atoms with van der Waals surface area (Å²) in [5, 5.41) is 15.1. The van der Waals surface area contributed by atoms with Gasteiger partial charge in [0, 0.05) is 6.07 Å². The van der Waals surface area contributed by atoms with Gasteiger partial charge in [-0.25, -0.2) is 13.6 Å². The Balaban J connectivity index is 3.74. The van der Waals surface area contributed by atoms with E-state index in [1.807, 2.05) is 0 Å². The van der Waals surface area contributed by atoms with E-state index < -0.39 is 43.0 Å². The number of sulfonamides is 1. The maximum atomic E-state index is 12.5. The fraction of sp³-hybridized carbons (Fsp3) is 0.143. The van der Waals surface area contributed by atoms with Crippen LogP contribution in [0.1, 0.15) is 5.56 Å². The zero-order valence-corrected chi connectivity index (χ0v) is 9.25. The van der Waals surface area contributed by atoms with Crippen LogP contribution in [0.5, 0.6) is 0 Å². The number of hydrogen-bond acceptors (Lipinski definition) is 5. The van der Waals surface area contributed by atoms with Gasteiger partial charge in [-0.2, -0.15) is 13.2 Å². The molecule has 100 valence electrons. The second-order valence-corrected chi connectivity index (χ2v) is 4.76. The van der Waals surface area contributed by atoms with Gasteiger partial charge in [0.1, 0.15) is 5.69 Å². The molecule has 0 aliphatic rings. The Bertz CT molecular complexity index is 611. The minimum absolute atomic E-state index is 0.150. The first kappa shape index (κ1) is 14.2. The van der Waals surface area contributed by atoms with Gasteiger partial charge >= 0.3 is 6.18 Å². The van der Waals surface area contributed by atoms with E-state index in [-0.39, 0.29) is 6.07 Å². The molecule has 0 spiro atoms. The fourth-order valence-electron chi connectivity index (χ4n) is 1.16. The van der Waals surface area contributed by atoms with Gasteiger partial charge in [0.25, 0.3) is 5.69 Å². The van der Waals surface area contributed by atoms with Crippen LogP contribution in [0.4, 0.5) is 24.5 Å². The molecule has 0 atom stereocenters. The minimum Gasteiger partial charge on any atom is -0.393 e. The Morgan fingerprint density at radius 1 is 1.28 bits per heavy atom. The first-order valence-electron chi connectivity index (χ1n) is 4.12. The quantitative estimate of drug-likeness (QED) is 0.472. The van der Waals surface area contributed by atoms with Crippen molar-refractivity contribution in [1.29, 1.82) is 0 Å². The average Bonchev–Trinajstić information content (AvgIpc) is 2.13. The van der Waals surface area contributed by atoms with Crippen LogP contribution >= 0.6 is 0 Å². The number of primary sulfonamides is 1. The topological polar surface area (TPSA) is 129 Å². The van der Waals surface area contributed by atoms with Crippen LogP contribution in [0.25, 0.3) is 0 Å². The third-order valence-electron chi connectivity index (χ3n) is 1.96. The highest BCUT2D eigenvalue weighted by molar-refractivity contribution is 7.89. The molecule has 0 saturated carbocycles. The molecule has 1 rings (SSSR count). The highest BCUT2D eigenvalue weighted by atomic mass is 32.2. The molecular weight excluding hydrogens is 279 g/mol. The molecular formula is C7H6F3N3O4S. The van der Waals surface area contributed by atoms with Crippen molar-refractivity contribution in [3.05, 3.63) is 27.8 Å². The van der Waals surface area contributed by atoms with Gasteiger partial charge in [0.15, 0.2) is 0 Å². The van der Waals surface area contributed by atoms with Crippen LogP contribution in [0, 0.1) is 10.1 Å². The monoisotopic (exact) mass is 285 g/mol. The lowest BCUT2D eigenvalue weighted by molar-refractivity contribution is -0.384. The molecule has 18 heavy (non-hydrogen) atoms. The smallest absolute Gasteiger partial charge is 0.393 e. The number of nitrogen functional groups attached to an aromatic ring is 1. The van der Waals surface area contributed by atoms with Crippen molar-refractivity contribution in [2.24, 2.45) is 5.14 Å². The summed E-state index contributed by atoms with van der Waals surface area (Å²) in [6.45, 7) is 0. The highest BCUT2D eigenvalue weighted by Crippen LogP contribution is 2.39. The fourth-order valence-corrected chi connectivity index (χ4v) is 1.72. The highest BCUT2D eigenvalue weighted by Gasteiger charge is 2.37. The lowest BCUT2D eigenvalue weighted by Crippen LogP contribution is -2.17. The Morgan fingerprint density at radius 2 is 1.78 bits per heavy atom. The van der Waals surface area contributed by atoms with Crippen LogP contribution in [-0.4, -0.2) is 13.3 Å². The van der Waals surface area contributed by atoms with Gasteiger partial charge in [-0.3, -0.25) is 10.1 Å². The van der Waals surface area contributed by atoms with E-state index in [4.69, 9.17) is 5.73 Å². The van der Waals surface area contributed by atoms with Crippen LogP contribution in [-0.2, 0) is 16.2 Å². The van der Waals surface area contributed by atoms with Gasteiger partial charge in [-0.1, -0.05) is 0 Å². The van der Waals surface area contributed by atoms with Crippen molar-refractivity contribution in [3.63, 3.8) is 0 Å². The molecule has 0 aromatic heterocycles. The molecule has 0 unspecified atom stereocenters. The Kier molecular flexibility index (Phi) is 3.23. The number of benzene rings is 1. The predicted molar refractivity (Wildman–Crippen MR) is 53.9 cm³/mol. The van der Waals surface area contributed by atoms with E-state index in [0.717, 1.165) is 0 Å². The zero-order valence-electron chi connectivity index (χ0n) is 8.43. The summed E-state index contributed by atoms with van der Waals surface area (Å²) in [6.07, 6.45) is -5.03. The number of nitro benzene ring substituents is 1. The number of alkyl halides is 3. The van der Waals surface area contributed by atoms with E-state index in [0.29, 0.717) is 6.07 Å². The van der Waals surface area contributed by atoms with Gasteiger partial charge < -0.3 is 5.73 Å². The number of nitrogens with two attached hydrogens (primary N) is 2. The van der Waals surface area contributed by atoms with Crippen molar-refractivity contribution in [2.75, 3.05) is 5.73 Å². The molecule has 0 radical (unpaired) electrons. The molecule has 1 aromatic carbocycles. The number of nitrogens with zero attached hydrogens (tertiary/aromatic N) is 1. The first-order chi connectivity index (χ1) is 7.94. The number of nitro groups is 1. The molecule has 0 aliphatic carbocycles. The summed E-state index contributed by atoms with van der Waals surface area (Å²) in [4.78, 5) is 8.25. The number of rotatable bonds is 2. The number of halogens is 3. The van der Waals surface area contributed by atoms with Gasteiger partial charge in [-0.15, -0.1) is 0 Å². The lowest BCUT2D eigenvalue weighted by atomic mass is 10.1. The molecule has 7 nitrogen and oxygen atoms in total. The van der Waals surface area contributed by atoms with Crippen molar-refractivity contribution in [3.8, 4) is 0 Å². The normalized spacial score (nSPS) is 12.4. The van der Waals surface area contributed by atoms with Crippen LogP contribution in [0.3, 0.4) is 0 Å². The molecule has 4 N–H and O–H groups in total. The Labute approximate surface area is 98.4 Å². The predicted octanol–water partition coefficient (Wildman–Crippen LogP) is 0.843. The van der Waals surface area contributed by atoms with Crippen LogP contribution < -0.4 is 10.9 Å².